The fourth-order valence-corrected chi connectivity index (χ4v) is 5.37. The molecule has 0 aliphatic rings. The largest absolute Gasteiger partial charge is 0.387 e. The van der Waals surface area contributed by atoms with Crippen molar-refractivity contribution in [2.45, 2.75) is 38.8 Å². The number of benzene rings is 2. The first-order valence-corrected chi connectivity index (χ1v) is 9.91. The minimum atomic E-state index is -0.462. The Kier molecular flexibility index (Phi) is 7.23. The molecule has 0 spiro atoms. The van der Waals surface area contributed by atoms with Gasteiger partial charge < -0.3 is 5.11 Å². The van der Waals surface area contributed by atoms with Crippen LogP contribution in [0.3, 0.4) is 0 Å². The molecule has 0 aromatic heterocycles. The van der Waals surface area contributed by atoms with Gasteiger partial charge in [-0.2, -0.15) is 0 Å². The van der Waals surface area contributed by atoms with Gasteiger partial charge in [-0.1, -0.05) is 74.0 Å². The van der Waals surface area contributed by atoms with E-state index < -0.39 is 14.2 Å². The Morgan fingerprint density at radius 1 is 1.00 bits per heavy atom. The molecule has 0 bridgehead atoms. The molecule has 1 N–H and O–H groups in total. The summed E-state index contributed by atoms with van der Waals surface area (Å²) in [7, 11) is 1.75. The summed E-state index contributed by atoms with van der Waals surface area (Å²) in [5, 5.41) is 12.1. The standard InChI is InChI=1S/C20H28NOP/c1-4-5-16-23(19-14-10-7-11-15-19)21(3)17(2)20(22)18-12-8-6-9-13-18/h6-15,17,20,22H,4-5,16H2,1-3H3. The van der Waals surface area contributed by atoms with Crippen LogP contribution in [0.2, 0.25) is 0 Å². The minimum absolute atomic E-state index is 0.0839. The van der Waals surface area contributed by atoms with Gasteiger partial charge in [-0.25, -0.2) is 0 Å². The summed E-state index contributed by atoms with van der Waals surface area (Å²) in [6, 6.07) is 20.8. The lowest BCUT2D eigenvalue weighted by molar-refractivity contribution is 0.110. The first kappa shape index (κ1) is 18.1. The number of hydrogen-bond donors (Lipinski definition) is 1. The van der Waals surface area contributed by atoms with Gasteiger partial charge in [0, 0.05) is 6.04 Å². The SMILES string of the molecule is CCCCP(c1ccccc1)N(C)C(C)C(O)c1ccccc1. The Bertz CT molecular complexity index is 560. The summed E-state index contributed by atoms with van der Waals surface area (Å²) in [4.78, 5) is 0. The topological polar surface area (TPSA) is 23.5 Å². The number of nitrogens with zero attached hydrogens (tertiary/aromatic N) is 1. The first-order chi connectivity index (χ1) is 11.1. The summed E-state index contributed by atoms with van der Waals surface area (Å²) in [5.74, 6) is 0. The van der Waals surface area contributed by atoms with E-state index in [2.05, 4.69) is 55.9 Å². The second-order valence-electron chi connectivity index (χ2n) is 5.98. The van der Waals surface area contributed by atoms with Crippen molar-refractivity contribution < 1.29 is 5.11 Å². The highest BCUT2D eigenvalue weighted by Crippen LogP contribution is 2.42. The van der Waals surface area contributed by atoms with Crippen molar-refractivity contribution in [2.24, 2.45) is 0 Å². The van der Waals surface area contributed by atoms with Crippen LogP contribution in [0.5, 0.6) is 0 Å². The van der Waals surface area contributed by atoms with E-state index in [4.69, 9.17) is 0 Å². The third-order valence-electron chi connectivity index (χ3n) is 4.35. The Hall–Kier alpha value is -1.21. The molecule has 2 nitrogen and oxygen atoms in total. The van der Waals surface area contributed by atoms with Crippen molar-refractivity contribution >= 4 is 13.4 Å². The quantitative estimate of drug-likeness (QED) is 0.718. The zero-order valence-corrected chi connectivity index (χ0v) is 15.3. The molecule has 0 aliphatic carbocycles. The number of likely N-dealkylation sites (N-methyl/N-ethyl adjacent to an activating group) is 1. The Morgan fingerprint density at radius 2 is 1.57 bits per heavy atom. The van der Waals surface area contributed by atoms with Crippen molar-refractivity contribution in [3.05, 3.63) is 66.2 Å². The van der Waals surface area contributed by atoms with Crippen LogP contribution in [-0.4, -0.2) is 29.0 Å². The third-order valence-corrected chi connectivity index (χ3v) is 7.11. The fourth-order valence-electron chi connectivity index (χ4n) is 2.73. The highest BCUT2D eigenvalue weighted by Gasteiger charge is 2.26. The van der Waals surface area contributed by atoms with Crippen molar-refractivity contribution in [3.8, 4) is 0 Å². The van der Waals surface area contributed by atoms with Gasteiger partial charge in [0.25, 0.3) is 0 Å². The summed E-state index contributed by atoms with van der Waals surface area (Å²) >= 11 is 0. The van der Waals surface area contributed by atoms with Gasteiger partial charge in [0.15, 0.2) is 0 Å². The van der Waals surface area contributed by atoms with Gasteiger partial charge in [0.2, 0.25) is 0 Å². The lowest BCUT2D eigenvalue weighted by atomic mass is 10.0. The summed E-state index contributed by atoms with van der Waals surface area (Å²) < 4.78 is 2.39. The molecule has 124 valence electrons. The van der Waals surface area contributed by atoms with E-state index in [1.54, 1.807) is 0 Å². The highest BCUT2D eigenvalue weighted by atomic mass is 31.1. The number of aliphatic hydroxyl groups excluding tert-OH is 1. The van der Waals surface area contributed by atoms with Crippen LogP contribution >= 0.6 is 8.07 Å². The van der Waals surface area contributed by atoms with Crippen molar-refractivity contribution in [2.75, 3.05) is 13.2 Å². The molecule has 0 fully saturated rings. The predicted molar refractivity (Wildman–Crippen MR) is 101 cm³/mol. The van der Waals surface area contributed by atoms with Gasteiger partial charge in [-0.15, -0.1) is 0 Å². The maximum atomic E-state index is 10.7. The molecule has 2 aromatic carbocycles. The molecule has 3 unspecified atom stereocenters. The smallest absolute Gasteiger partial charge is 0.0945 e. The third kappa shape index (κ3) is 4.88. The summed E-state index contributed by atoms with van der Waals surface area (Å²) in [6.07, 6.45) is 3.14. The molecule has 0 amide bonds. The van der Waals surface area contributed by atoms with Crippen molar-refractivity contribution in [1.82, 2.24) is 4.67 Å². The van der Waals surface area contributed by atoms with Crippen molar-refractivity contribution in [1.29, 1.82) is 0 Å². The Labute approximate surface area is 142 Å². The maximum absolute atomic E-state index is 10.7. The first-order valence-electron chi connectivity index (χ1n) is 8.43. The van der Waals surface area contributed by atoms with E-state index >= 15 is 0 Å². The molecular weight excluding hydrogens is 301 g/mol. The lowest BCUT2D eigenvalue weighted by Gasteiger charge is -2.36. The van der Waals surface area contributed by atoms with Crippen LogP contribution in [0.25, 0.3) is 0 Å². The van der Waals surface area contributed by atoms with Gasteiger partial charge >= 0.3 is 0 Å². The van der Waals surface area contributed by atoms with Gasteiger partial charge in [0.05, 0.1) is 6.10 Å². The molecular formula is C20H28NOP. The zero-order valence-electron chi connectivity index (χ0n) is 14.4. The molecule has 3 atom stereocenters. The fraction of sp³-hybridized carbons (Fsp3) is 0.400. The molecule has 0 saturated heterocycles. The average molecular weight is 329 g/mol. The lowest BCUT2D eigenvalue weighted by Crippen LogP contribution is -2.34. The highest BCUT2D eigenvalue weighted by molar-refractivity contribution is 7.63. The molecule has 23 heavy (non-hydrogen) atoms. The van der Waals surface area contributed by atoms with E-state index in [1.807, 2.05) is 30.3 Å². The number of hydrogen-bond acceptors (Lipinski definition) is 2. The van der Waals surface area contributed by atoms with Crippen molar-refractivity contribution in [3.63, 3.8) is 0 Å². The van der Waals surface area contributed by atoms with Crippen LogP contribution in [0.4, 0.5) is 0 Å². The molecule has 0 radical (unpaired) electrons. The Morgan fingerprint density at radius 3 is 2.13 bits per heavy atom. The average Bonchev–Trinajstić information content (AvgIpc) is 2.62. The van der Waals surface area contributed by atoms with Gasteiger partial charge in [-0.3, -0.25) is 4.67 Å². The molecule has 0 saturated carbocycles. The van der Waals surface area contributed by atoms with E-state index in [0.29, 0.717) is 0 Å². The zero-order chi connectivity index (χ0) is 16.7. The normalized spacial score (nSPS) is 15.3. The molecule has 3 heteroatoms. The number of unbranched alkanes of at least 4 members (excludes halogenated alkanes) is 1. The van der Waals surface area contributed by atoms with Gasteiger partial charge in [0.1, 0.15) is 0 Å². The maximum Gasteiger partial charge on any atom is 0.0945 e. The van der Waals surface area contributed by atoms with Crippen LogP contribution < -0.4 is 5.30 Å². The second kappa shape index (κ2) is 9.17. The molecule has 0 heterocycles. The van der Waals surface area contributed by atoms with Crippen LogP contribution in [0.1, 0.15) is 38.4 Å². The van der Waals surface area contributed by atoms with Crippen LogP contribution in [0.15, 0.2) is 60.7 Å². The minimum Gasteiger partial charge on any atom is -0.387 e. The summed E-state index contributed by atoms with van der Waals surface area (Å²) in [5.41, 5.74) is 0.991. The predicted octanol–water partition coefficient (Wildman–Crippen LogP) is 4.56. The Balaban J connectivity index is 2.17. The second-order valence-corrected chi connectivity index (χ2v) is 8.38. The summed E-state index contributed by atoms with van der Waals surface area (Å²) in [6.45, 7) is 4.36. The van der Waals surface area contributed by atoms with E-state index in [-0.39, 0.29) is 6.04 Å². The van der Waals surface area contributed by atoms with Gasteiger partial charge in [-0.05, 0) is 45.5 Å². The number of aliphatic hydroxyl groups is 1. The van der Waals surface area contributed by atoms with E-state index in [0.717, 1.165) is 5.56 Å². The molecule has 0 aliphatic heterocycles. The van der Waals surface area contributed by atoms with Crippen LogP contribution in [-0.2, 0) is 0 Å². The van der Waals surface area contributed by atoms with Crippen LogP contribution in [0, 0.1) is 0 Å². The monoisotopic (exact) mass is 329 g/mol. The number of rotatable bonds is 8. The van der Waals surface area contributed by atoms with E-state index in [1.165, 1.54) is 24.3 Å². The molecule has 2 aromatic rings. The molecule has 2 rings (SSSR count). The van der Waals surface area contributed by atoms with E-state index in [9.17, 15) is 5.11 Å².